The first kappa shape index (κ1) is 14.9. The molecule has 1 saturated heterocycles. The van der Waals surface area contributed by atoms with Gasteiger partial charge in [-0.2, -0.15) is 0 Å². The molecule has 3 rings (SSSR count). The van der Waals surface area contributed by atoms with E-state index in [0.717, 1.165) is 11.3 Å². The molecule has 0 N–H and O–H groups in total. The second-order valence-electron chi connectivity index (χ2n) is 5.67. The van der Waals surface area contributed by atoms with Gasteiger partial charge in [0, 0.05) is 10.7 Å². The highest BCUT2D eigenvalue weighted by molar-refractivity contribution is 6.30. The third-order valence-corrected chi connectivity index (χ3v) is 4.41. The van der Waals surface area contributed by atoms with E-state index in [0.29, 0.717) is 11.4 Å². The molecule has 0 radical (unpaired) electrons. The van der Waals surface area contributed by atoms with Crippen LogP contribution in [0.5, 0.6) is 0 Å². The van der Waals surface area contributed by atoms with Crippen LogP contribution in [0, 0.1) is 12.8 Å². The molecule has 0 aromatic heterocycles. The van der Waals surface area contributed by atoms with Crippen molar-refractivity contribution >= 4 is 23.2 Å². The average Bonchev–Trinajstić information content (AvgIpc) is 2.53. The Morgan fingerprint density at radius 2 is 1.77 bits per heavy atom. The van der Waals surface area contributed by atoms with E-state index in [-0.39, 0.29) is 17.9 Å². The maximum atomic E-state index is 12.5. The van der Waals surface area contributed by atoms with Gasteiger partial charge in [0.15, 0.2) is 0 Å². The highest BCUT2D eigenvalue weighted by Gasteiger charge is 2.47. The van der Waals surface area contributed by atoms with Crippen molar-refractivity contribution in [3.05, 3.63) is 77.3 Å². The first-order valence-corrected chi connectivity index (χ1v) is 7.75. The largest absolute Gasteiger partial charge is 0.304 e. The zero-order chi connectivity index (χ0) is 15.7. The van der Waals surface area contributed by atoms with E-state index in [4.69, 9.17) is 11.6 Å². The molecule has 1 amide bonds. The third-order valence-electron chi connectivity index (χ3n) is 4.16. The van der Waals surface area contributed by atoms with Gasteiger partial charge >= 0.3 is 0 Å². The minimum atomic E-state index is -0.0417. The molecule has 22 heavy (non-hydrogen) atoms. The van der Waals surface area contributed by atoms with E-state index in [1.54, 1.807) is 0 Å². The van der Waals surface area contributed by atoms with Crippen molar-refractivity contribution in [1.82, 2.24) is 0 Å². The molecule has 0 aliphatic carbocycles. The number of hydrogen-bond acceptors (Lipinski definition) is 1. The number of β-lactam (4-membered cyclic amide) rings is 1. The van der Waals surface area contributed by atoms with Gasteiger partial charge in [-0.15, -0.1) is 6.58 Å². The number of nitrogens with zero attached hydrogens (tertiary/aromatic N) is 1. The highest BCUT2D eigenvalue weighted by Crippen LogP contribution is 2.45. The Labute approximate surface area is 136 Å². The normalized spacial score (nSPS) is 20.6. The Morgan fingerprint density at radius 1 is 1.14 bits per heavy atom. The molecule has 112 valence electrons. The van der Waals surface area contributed by atoms with Crippen molar-refractivity contribution in [3.8, 4) is 0 Å². The van der Waals surface area contributed by atoms with Crippen LogP contribution >= 0.6 is 11.6 Å². The maximum Gasteiger partial charge on any atom is 0.233 e. The summed E-state index contributed by atoms with van der Waals surface area (Å²) in [4.78, 5) is 14.4. The molecule has 2 atom stereocenters. The molecule has 0 saturated carbocycles. The number of carbonyl (C=O) groups excluding carboxylic acids is 1. The molecule has 2 aromatic rings. The van der Waals surface area contributed by atoms with E-state index < -0.39 is 0 Å². The Balaban J connectivity index is 1.97. The maximum absolute atomic E-state index is 12.5. The van der Waals surface area contributed by atoms with Gasteiger partial charge in [0.2, 0.25) is 5.91 Å². The predicted octanol–water partition coefficient (Wildman–Crippen LogP) is 4.93. The molecule has 0 bridgehead atoms. The fraction of sp³-hybridized carbons (Fsp3) is 0.211. The van der Waals surface area contributed by atoms with Gasteiger partial charge < -0.3 is 4.90 Å². The number of hydrogen-bond donors (Lipinski definition) is 0. The van der Waals surface area contributed by atoms with Gasteiger partial charge in [-0.3, -0.25) is 4.79 Å². The minimum absolute atomic E-state index is 0.0417. The van der Waals surface area contributed by atoms with Gasteiger partial charge in [0.25, 0.3) is 0 Å². The number of aryl methyl sites for hydroxylation is 1. The zero-order valence-electron chi connectivity index (χ0n) is 12.5. The van der Waals surface area contributed by atoms with Crippen molar-refractivity contribution in [3.63, 3.8) is 0 Å². The van der Waals surface area contributed by atoms with Gasteiger partial charge in [0.1, 0.15) is 0 Å². The fourth-order valence-corrected chi connectivity index (χ4v) is 3.12. The van der Waals surface area contributed by atoms with Crippen LogP contribution in [0.25, 0.3) is 0 Å². The van der Waals surface area contributed by atoms with Crippen LogP contribution in [0.2, 0.25) is 5.02 Å². The average molecular weight is 312 g/mol. The zero-order valence-corrected chi connectivity index (χ0v) is 13.3. The fourth-order valence-electron chi connectivity index (χ4n) is 2.99. The SMILES string of the molecule is C=CC[C@@H]1C(=O)N(c2ccc(C)cc2)[C@@H]1c1ccc(Cl)cc1. The topological polar surface area (TPSA) is 20.3 Å². The lowest BCUT2D eigenvalue weighted by Crippen LogP contribution is -2.55. The van der Waals surface area contributed by atoms with Crippen molar-refractivity contribution in [2.24, 2.45) is 5.92 Å². The number of allylic oxidation sites excluding steroid dienone is 1. The summed E-state index contributed by atoms with van der Waals surface area (Å²) in [6.45, 7) is 5.82. The minimum Gasteiger partial charge on any atom is -0.304 e. The summed E-state index contributed by atoms with van der Waals surface area (Å²) in [7, 11) is 0. The van der Waals surface area contributed by atoms with Crippen LogP contribution in [-0.4, -0.2) is 5.91 Å². The van der Waals surface area contributed by atoms with Crippen LogP contribution in [0.15, 0.2) is 61.2 Å². The molecule has 1 aliphatic rings. The summed E-state index contributed by atoms with van der Waals surface area (Å²) < 4.78 is 0. The number of rotatable bonds is 4. The lowest BCUT2D eigenvalue weighted by Gasteiger charge is -2.47. The Kier molecular flexibility index (Phi) is 4.04. The first-order valence-electron chi connectivity index (χ1n) is 7.38. The number of amides is 1. The summed E-state index contributed by atoms with van der Waals surface area (Å²) in [6.07, 6.45) is 2.51. The van der Waals surface area contributed by atoms with E-state index in [1.807, 2.05) is 66.4 Å². The van der Waals surface area contributed by atoms with E-state index in [2.05, 4.69) is 6.58 Å². The lowest BCUT2D eigenvalue weighted by atomic mass is 9.80. The van der Waals surface area contributed by atoms with Gasteiger partial charge in [0.05, 0.1) is 12.0 Å². The number of benzene rings is 2. The van der Waals surface area contributed by atoms with Gasteiger partial charge in [-0.1, -0.05) is 47.5 Å². The first-order chi connectivity index (χ1) is 10.6. The quantitative estimate of drug-likeness (QED) is 0.579. The Hall–Kier alpha value is -2.06. The molecule has 1 fully saturated rings. The van der Waals surface area contributed by atoms with Crippen molar-refractivity contribution in [1.29, 1.82) is 0 Å². The molecule has 0 spiro atoms. The number of anilines is 1. The summed E-state index contributed by atoms with van der Waals surface area (Å²) in [6, 6.07) is 15.8. The second-order valence-corrected chi connectivity index (χ2v) is 6.11. The molecular formula is C19H18ClNO. The Bertz CT molecular complexity index is 690. The number of halogens is 1. The van der Waals surface area contributed by atoms with Crippen LogP contribution in [0.3, 0.4) is 0 Å². The predicted molar refractivity (Wildman–Crippen MR) is 91.2 cm³/mol. The summed E-state index contributed by atoms with van der Waals surface area (Å²) in [5, 5.41) is 0.705. The van der Waals surface area contributed by atoms with E-state index in [1.165, 1.54) is 5.56 Å². The second kappa shape index (κ2) is 5.98. The monoisotopic (exact) mass is 311 g/mol. The molecule has 1 aliphatic heterocycles. The van der Waals surface area contributed by atoms with Crippen molar-refractivity contribution < 1.29 is 4.79 Å². The molecular weight excluding hydrogens is 294 g/mol. The third kappa shape index (κ3) is 2.55. The summed E-state index contributed by atoms with van der Waals surface area (Å²) in [5.74, 6) is 0.115. The lowest BCUT2D eigenvalue weighted by molar-refractivity contribution is -0.130. The standard InChI is InChI=1S/C19H18ClNO/c1-3-4-17-18(14-7-9-15(20)10-8-14)21(19(17)22)16-11-5-13(2)6-12-16/h3,5-12,17-18H,1,4H2,2H3/t17-,18+/m0/s1. The van der Waals surface area contributed by atoms with Gasteiger partial charge in [-0.05, 0) is 43.2 Å². The molecule has 2 aromatic carbocycles. The van der Waals surface area contributed by atoms with Crippen LogP contribution in [0.4, 0.5) is 5.69 Å². The highest BCUT2D eigenvalue weighted by atomic mass is 35.5. The Morgan fingerprint density at radius 3 is 2.36 bits per heavy atom. The molecule has 3 heteroatoms. The van der Waals surface area contributed by atoms with Crippen molar-refractivity contribution in [2.75, 3.05) is 4.90 Å². The van der Waals surface area contributed by atoms with Crippen LogP contribution < -0.4 is 4.90 Å². The van der Waals surface area contributed by atoms with E-state index >= 15 is 0 Å². The smallest absolute Gasteiger partial charge is 0.233 e. The van der Waals surface area contributed by atoms with E-state index in [9.17, 15) is 4.79 Å². The van der Waals surface area contributed by atoms with Crippen molar-refractivity contribution in [2.45, 2.75) is 19.4 Å². The summed E-state index contributed by atoms with van der Waals surface area (Å²) in [5.41, 5.74) is 3.23. The number of carbonyl (C=O) groups is 1. The summed E-state index contributed by atoms with van der Waals surface area (Å²) >= 11 is 5.98. The molecule has 1 heterocycles. The molecule has 2 nitrogen and oxygen atoms in total. The van der Waals surface area contributed by atoms with Crippen LogP contribution in [-0.2, 0) is 4.79 Å². The van der Waals surface area contributed by atoms with Crippen LogP contribution in [0.1, 0.15) is 23.6 Å². The molecule has 0 unspecified atom stereocenters. The van der Waals surface area contributed by atoms with Gasteiger partial charge in [-0.25, -0.2) is 0 Å².